The van der Waals surface area contributed by atoms with Crippen LogP contribution < -0.4 is 14.8 Å². The normalized spacial score (nSPS) is 20.8. The molecule has 0 bridgehead atoms. The van der Waals surface area contributed by atoms with Crippen LogP contribution in [0.15, 0.2) is 42.5 Å². The fourth-order valence-electron chi connectivity index (χ4n) is 3.46. The monoisotopic (exact) mass is 328 g/mol. The minimum absolute atomic E-state index is 0.148. The molecule has 2 aromatic carbocycles. The van der Waals surface area contributed by atoms with Crippen molar-refractivity contribution in [2.24, 2.45) is 0 Å². The quantitative estimate of drug-likeness (QED) is 0.939. The Bertz CT molecular complexity index is 722. The first-order chi connectivity index (χ1) is 11.8. The van der Waals surface area contributed by atoms with Gasteiger partial charge in [0.05, 0.1) is 0 Å². The second-order valence-electron chi connectivity index (χ2n) is 6.19. The molecule has 2 aromatic rings. The summed E-state index contributed by atoms with van der Waals surface area (Å²) >= 11 is 0. The van der Waals surface area contributed by atoms with Gasteiger partial charge in [-0.25, -0.2) is 4.39 Å². The summed E-state index contributed by atoms with van der Waals surface area (Å²) in [7, 11) is 0. The van der Waals surface area contributed by atoms with Crippen LogP contribution in [0, 0.1) is 5.82 Å². The molecule has 0 spiro atoms. The lowest BCUT2D eigenvalue weighted by atomic mass is 10.0. The summed E-state index contributed by atoms with van der Waals surface area (Å²) in [6, 6.07) is 13.1. The summed E-state index contributed by atoms with van der Waals surface area (Å²) in [6.45, 7) is 4.59. The van der Waals surface area contributed by atoms with Crippen LogP contribution in [0.2, 0.25) is 0 Å². The van der Waals surface area contributed by atoms with Gasteiger partial charge in [0, 0.05) is 37.8 Å². The molecular weight excluding hydrogens is 307 g/mol. The van der Waals surface area contributed by atoms with Crippen molar-refractivity contribution < 1.29 is 13.9 Å². The molecule has 0 amide bonds. The van der Waals surface area contributed by atoms with Gasteiger partial charge in [-0.1, -0.05) is 24.3 Å². The highest BCUT2D eigenvalue weighted by Gasteiger charge is 2.26. The molecule has 0 aromatic heterocycles. The van der Waals surface area contributed by atoms with Crippen molar-refractivity contribution in [3.63, 3.8) is 0 Å². The predicted molar refractivity (Wildman–Crippen MR) is 89.9 cm³/mol. The maximum Gasteiger partial charge on any atom is 0.165 e. The number of halogens is 1. The van der Waals surface area contributed by atoms with Crippen LogP contribution in [-0.4, -0.2) is 37.7 Å². The molecule has 1 N–H and O–H groups in total. The van der Waals surface area contributed by atoms with Crippen LogP contribution >= 0.6 is 0 Å². The zero-order valence-corrected chi connectivity index (χ0v) is 13.5. The number of piperazine rings is 1. The smallest absolute Gasteiger partial charge is 0.165 e. The number of hydrogen-bond donors (Lipinski definition) is 1. The van der Waals surface area contributed by atoms with E-state index in [1.807, 2.05) is 18.2 Å². The van der Waals surface area contributed by atoms with E-state index >= 15 is 0 Å². The van der Waals surface area contributed by atoms with Crippen LogP contribution in [-0.2, 0) is 6.54 Å². The van der Waals surface area contributed by atoms with E-state index in [4.69, 9.17) is 9.47 Å². The third-order valence-electron chi connectivity index (χ3n) is 4.61. The average molecular weight is 328 g/mol. The molecule has 1 fully saturated rings. The Morgan fingerprint density at radius 1 is 1.12 bits per heavy atom. The van der Waals surface area contributed by atoms with Gasteiger partial charge in [-0.05, 0) is 23.8 Å². The number of rotatable bonds is 3. The third-order valence-corrected chi connectivity index (χ3v) is 4.61. The van der Waals surface area contributed by atoms with Gasteiger partial charge in [0.15, 0.2) is 11.5 Å². The van der Waals surface area contributed by atoms with Gasteiger partial charge >= 0.3 is 0 Å². The van der Waals surface area contributed by atoms with E-state index in [9.17, 15) is 4.39 Å². The summed E-state index contributed by atoms with van der Waals surface area (Å²) in [4.78, 5) is 2.37. The van der Waals surface area contributed by atoms with E-state index in [1.165, 1.54) is 6.07 Å². The molecule has 2 aliphatic heterocycles. The van der Waals surface area contributed by atoms with Crippen molar-refractivity contribution in [2.75, 3.05) is 32.8 Å². The SMILES string of the molecule is Fc1cccc(C2CNCCN2Cc2cccc3c2OCCO3)c1. The van der Waals surface area contributed by atoms with Crippen LogP contribution in [0.25, 0.3) is 0 Å². The molecule has 0 radical (unpaired) electrons. The van der Waals surface area contributed by atoms with Crippen molar-refractivity contribution >= 4 is 0 Å². The first-order valence-electron chi connectivity index (χ1n) is 8.39. The highest BCUT2D eigenvalue weighted by molar-refractivity contribution is 5.47. The zero-order valence-electron chi connectivity index (χ0n) is 13.5. The molecule has 0 aliphatic carbocycles. The van der Waals surface area contributed by atoms with Gasteiger partial charge in [-0.3, -0.25) is 4.90 Å². The molecular formula is C19H21FN2O2. The van der Waals surface area contributed by atoms with E-state index in [1.54, 1.807) is 12.1 Å². The number of hydrogen-bond acceptors (Lipinski definition) is 4. The summed E-state index contributed by atoms with van der Waals surface area (Å²) in [5.41, 5.74) is 2.12. The van der Waals surface area contributed by atoms with Gasteiger partial charge < -0.3 is 14.8 Å². The maximum atomic E-state index is 13.6. The Balaban J connectivity index is 1.60. The number of nitrogens with one attached hydrogen (secondary N) is 1. The number of nitrogens with zero attached hydrogens (tertiary/aromatic N) is 1. The lowest BCUT2D eigenvalue weighted by molar-refractivity contribution is 0.142. The summed E-state index contributed by atoms with van der Waals surface area (Å²) < 4.78 is 25.1. The lowest BCUT2D eigenvalue weighted by Gasteiger charge is -2.37. The predicted octanol–water partition coefficient (Wildman–Crippen LogP) is 2.74. The van der Waals surface area contributed by atoms with Gasteiger partial charge in [0.25, 0.3) is 0 Å². The van der Waals surface area contributed by atoms with Gasteiger partial charge in [-0.2, -0.15) is 0 Å². The Morgan fingerprint density at radius 3 is 2.92 bits per heavy atom. The number of benzene rings is 2. The highest BCUT2D eigenvalue weighted by Crippen LogP contribution is 2.35. The lowest BCUT2D eigenvalue weighted by Crippen LogP contribution is -2.45. The molecule has 4 nitrogen and oxygen atoms in total. The van der Waals surface area contributed by atoms with Gasteiger partial charge in [-0.15, -0.1) is 0 Å². The van der Waals surface area contributed by atoms with E-state index in [0.717, 1.165) is 48.8 Å². The minimum atomic E-state index is -0.188. The van der Waals surface area contributed by atoms with Crippen molar-refractivity contribution in [1.29, 1.82) is 0 Å². The fourth-order valence-corrected chi connectivity index (χ4v) is 3.46. The van der Waals surface area contributed by atoms with E-state index in [2.05, 4.69) is 16.3 Å². The molecule has 5 heteroatoms. The highest BCUT2D eigenvalue weighted by atomic mass is 19.1. The van der Waals surface area contributed by atoms with Gasteiger partial charge in [0.2, 0.25) is 0 Å². The average Bonchev–Trinajstić information content (AvgIpc) is 2.62. The molecule has 1 saturated heterocycles. The molecule has 2 aliphatic rings. The second-order valence-corrected chi connectivity index (χ2v) is 6.19. The van der Waals surface area contributed by atoms with Crippen LogP contribution in [0.1, 0.15) is 17.2 Å². The molecule has 2 heterocycles. The second kappa shape index (κ2) is 6.79. The van der Waals surface area contributed by atoms with Crippen molar-refractivity contribution in [3.8, 4) is 11.5 Å². The molecule has 126 valence electrons. The number of ether oxygens (including phenoxy) is 2. The Kier molecular flexibility index (Phi) is 4.36. The fraction of sp³-hybridized carbons (Fsp3) is 0.368. The van der Waals surface area contributed by atoms with Gasteiger partial charge in [0.1, 0.15) is 19.0 Å². The van der Waals surface area contributed by atoms with Crippen molar-refractivity contribution in [2.45, 2.75) is 12.6 Å². The molecule has 4 rings (SSSR count). The largest absolute Gasteiger partial charge is 0.486 e. The minimum Gasteiger partial charge on any atom is -0.486 e. The molecule has 1 atom stereocenters. The summed E-state index contributed by atoms with van der Waals surface area (Å²) in [6.07, 6.45) is 0. The number of para-hydroxylation sites is 1. The summed E-state index contributed by atoms with van der Waals surface area (Å²) in [5.74, 6) is 1.48. The van der Waals surface area contributed by atoms with Crippen LogP contribution in [0.5, 0.6) is 11.5 Å². The Morgan fingerprint density at radius 2 is 2.00 bits per heavy atom. The van der Waals surface area contributed by atoms with Crippen molar-refractivity contribution in [1.82, 2.24) is 10.2 Å². The molecule has 1 unspecified atom stereocenters. The zero-order chi connectivity index (χ0) is 16.4. The van der Waals surface area contributed by atoms with Crippen molar-refractivity contribution in [3.05, 3.63) is 59.4 Å². The first kappa shape index (κ1) is 15.4. The maximum absolute atomic E-state index is 13.6. The topological polar surface area (TPSA) is 33.7 Å². The first-order valence-corrected chi connectivity index (χ1v) is 8.39. The van der Waals surface area contributed by atoms with Crippen LogP contribution in [0.3, 0.4) is 0 Å². The Hall–Kier alpha value is -2.11. The number of fused-ring (bicyclic) bond motifs is 1. The third kappa shape index (κ3) is 3.09. The molecule has 0 saturated carbocycles. The Labute approximate surface area is 141 Å². The molecule has 24 heavy (non-hydrogen) atoms. The standard InChI is InChI=1S/C19H21FN2O2/c20-16-5-1-3-14(11-16)17-12-21-7-8-22(17)13-15-4-2-6-18-19(15)24-10-9-23-18/h1-6,11,17,21H,7-10,12-13H2. The van der Waals surface area contributed by atoms with E-state index in [0.29, 0.717) is 13.2 Å². The van der Waals surface area contributed by atoms with E-state index < -0.39 is 0 Å². The summed E-state index contributed by atoms with van der Waals surface area (Å²) in [5, 5.41) is 3.41. The van der Waals surface area contributed by atoms with Crippen LogP contribution in [0.4, 0.5) is 4.39 Å². The van der Waals surface area contributed by atoms with E-state index in [-0.39, 0.29) is 11.9 Å².